The van der Waals surface area contributed by atoms with Crippen LogP contribution in [-0.4, -0.2) is 25.3 Å². The van der Waals surface area contributed by atoms with Crippen molar-refractivity contribution in [3.05, 3.63) is 0 Å². The van der Waals surface area contributed by atoms with Crippen LogP contribution in [0.3, 0.4) is 0 Å². The van der Waals surface area contributed by atoms with Gasteiger partial charge in [-0.05, 0) is 58.0 Å². The van der Waals surface area contributed by atoms with Crippen LogP contribution in [-0.2, 0) is 4.74 Å². The lowest BCUT2D eigenvalue weighted by Crippen LogP contribution is -2.31. The molecule has 13 heavy (non-hydrogen) atoms. The number of ether oxygens (including phenoxy) is 1. The number of nitrogens with one attached hydrogen (secondary N) is 1. The van der Waals surface area contributed by atoms with Crippen molar-refractivity contribution in [1.29, 1.82) is 0 Å². The third kappa shape index (κ3) is 2.68. The first-order valence-electron chi connectivity index (χ1n) is 5.71. The Morgan fingerprint density at radius 3 is 2.85 bits per heavy atom. The number of hydrogen-bond donors (Lipinski definition) is 1. The molecule has 0 bridgehead atoms. The second kappa shape index (κ2) is 4.43. The Kier molecular flexibility index (Phi) is 3.23. The summed E-state index contributed by atoms with van der Waals surface area (Å²) in [7, 11) is 0. The molecule has 2 rings (SSSR count). The average Bonchev–Trinajstić information content (AvgIpc) is 2.53. The fourth-order valence-corrected chi connectivity index (χ4v) is 2.56. The summed E-state index contributed by atoms with van der Waals surface area (Å²) in [6, 6.07) is 0. The van der Waals surface area contributed by atoms with E-state index in [1.807, 2.05) is 0 Å². The zero-order valence-electron chi connectivity index (χ0n) is 8.59. The predicted octanol–water partition coefficient (Wildman–Crippen LogP) is 1.94. The summed E-state index contributed by atoms with van der Waals surface area (Å²) < 4.78 is 5.84. The van der Waals surface area contributed by atoms with Crippen LogP contribution in [0, 0.1) is 5.92 Å². The average molecular weight is 183 g/mol. The van der Waals surface area contributed by atoms with E-state index in [-0.39, 0.29) is 0 Å². The molecule has 0 saturated carbocycles. The third-order valence-electron chi connectivity index (χ3n) is 3.32. The van der Waals surface area contributed by atoms with Crippen LogP contribution < -0.4 is 5.32 Å². The van der Waals surface area contributed by atoms with Crippen LogP contribution in [0.15, 0.2) is 0 Å². The van der Waals surface area contributed by atoms with Crippen molar-refractivity contribution < 1.29 is 4.74 Å². The quantitative estimate of drug-likeness (QED) is 0.706. The minimum Gasteiger partial charge on any atom is -0.375 e. The third-order valence-corrected chi connectivity index (χ3v) is 3.32. The number of rotatable bonds is 2. The normalized spacial score (nSPS) is 40.8. The maximum atomic E-state index is 5.84. The Balaban J connectivity index is 1.71. The van der Waals surface area contributed by atoms with Crippen LogP contribution in [0.4, 0.5) is 0 Å². The molecular formula is C11H21NO. The predicted molar refractivity (Wildman–Crippen MR) is 53.8 cm³/mol. The van der Waals surface area contributed by atoms with Gasteiger partial charge in [-0.25, -0.2) is 0 Å². The maximum absolute atomic E-state index is 5.84. The van der Waals surface area contributed by atoms with Gasteiger partial charge in [0.25, 0.3) is 0 Å². The molecule has 2 saturated heterocycles. The molecular weight excluding hydrogens is 162 g/mol. The van der Waals surface area contributed by atoms with Crippen LogP contribution in [0.2, 0.25) is 0 Å². The summed E-state index contributed by atoms with van der Waals surface area (Å²) in [5.41, 5.74) is 0. The van der Waals surface area contributed by atoms with Gasteiger partial charge in [0.2, 0.25) is 0 Å². The van der Waals surface area contributed by atoms with Gasteiger partial charge in [0.15, 0.2) is 0 Å². The first kappa shape index (κ1) is 9.47. The Morgan fingerprint density at radius 1 is 1.31 bits per heavy atom. The largest absolute Gasteiger partial charge is 0.375 e. The molecule has 3 atom stereocenters. The molecule has 0 aromatic carbocycles. The van der Waals surface area contributed by atoms with Gasteiger partial charge in [0.1, 0.15) is 0 Å². The molecule has 2 aliphatic rings. The summed E-state index contributed by atoms with van der Waals surface area (Å²) in [4.78, 5) is 0. The van der Waals surface area contributed by atoms with Crippen LogP contribution in [0.1, 0.15) is 39.0 Å². The van der Waals surface area contributed by atoms with E-state index in [4.69, 9.17) is 4.74 Å². The molecule has 76 valence electrons. The Morgan fingerprint density at radius 2 is 2.23 bits per heavy atom. The van der Waals surface area contributed by atoms with E-state index in [1.54, 1.807) is 0 Å². The highest BCUT2D eigenvalue weighted by Gasteiger charge is 2.25. The molecule has 0 spiro atoms. The molecule has 3 unspecified atom stereocenters. The summed E-state index contributed by atoms with van der Waals surface area (Å²) in [5.74, 6) is 0.879. The Labute approximate surface area is 81.0 Å². The second-order valence-corrected chi connectivity index (χ2v) is 4.59. The van der Waals surface area contributed by atoms with Gasteiger partial charge in [0.05, 0.1) is 12.2 Å². The molecule has 0 radical (unpaired) electrons. The summed E-state index contributed by atoms with van der Waals surface area (Å²) in [6.07, 6.45) is 7.69. The van der Waals surface area contributed by atoms with Crippen LogP contribution in [0.5, 0.6) is 0 Å². The molecule has 2 fully saturated rings. The van der Waals surface area contributed by atoms with Crippen molar-refractivity contribution in [2.24, 2.45) is 5.92 Å². The second-order valence-electron chi connectivity index (χ2n) is 4.59. The molecule has 2 heterocycles. The SMILES string of the molecule is CC1CCC(CC2CCCNC2)O1. The summed E-state index contributed by atoms with van der Waals surface area (Å²) in [6.45, 7) is 4.63. The molecule has 0 amide bonds. The molecule has 2 nitrogen and oxygen atoms in total. The highest BCUT2D eigenvalue weighted by atomic mass is 16.5. The van der Waals surface area contributed by atoms with E-state index in [0.29, 0.717) is 12.2 Å². The lowest BCUT2D eigenvalue weighted by Gasteiger charge is -2.25. The van der Waals surface area contributed by atoms with Crippen LogP contribution in [0.25, 0.3) is 0 Å². The van der Waals surface area contributed by atoms with Gasteiger partial charge in [-0.2, -0.15) is 0 Å². The van der Waals surface area contributed by atoms with Crippen molar-refractivity contribution in [1.82, 2.24) is 5.32 Å². The topological polar surface area (TPSA) is 21.3 Å². The Bertz CT molecular complexity index is 151. The zero-order chi connectivity index (χ0) is 9.10. The maximum Gasteiger partial charge on any atom is 0.0582 e. The van der Waals surface area contributed by atoms with Crippen molar-refractivity contribution in [2.45, 2.75) is 51.2 Å². The van der Waals surface area contributed by atoms with Gasteiger partial charge in [-0.15, -0.1) is 0 Å². The van der Waals surface area contributed by atoms with E-state index in [2.05, 4.69) is 12.2 Å². The van der Waals surface area contributed by atoms with Gasteiger partial charge in [0, 0.05) is 0 Å². The smallest absolute Gasteiger partial charge is 0.0582 e. The highest BCUT2D eigenvalue weighted by Crippen LogP contribution is 2.26. The van der Waals surface area contributed by atoms with E-state index in [1.165, 1.54) is 45.2 Å². The summed E-state index contributed by atoms with van der Waals surface area (Å²) in [5, 5.41) is 3.46. The zero-order valence-corrected chi connectivity index (χ0v) is 8.59. The number of piperidine rings is 1. The number of hydrogen-bond acceptors (Lipinski definition) is 2. The van der Waals surface area contributed by atoms with Crippen LogP contribution >= 0.6 is 0 Å². The minimum absolute atomic E-state index is 0.515. The van der Waals surface area contributed by atoms with E-state index in [0.717, 1.165) is 5.92 Å². The Hall–Kier alpha value is -0.0800. The van der Waals surface area contributed by atoms with E-state index >= 15 is 0 Å². The van der Waals surface area contributed by atoms with Gasteiger partial charge in [-0.3, -0.25) is 0 Å². The van der Waals surface area contributed by atoms with Crippen molar-refractivity contribution in [3.8, 4) is 0 Å². The first-order valence-corrected chi connectivity index (χ1v) is 5.71. The van der Waals surface area contributed by atoms with E-state index in [9.17, 15) is 0 Å². The van der Waals surface area contributed by atoms with Gasteiger partial charge < -0.3 is 10.1 Å². The van der Waals surface area contributed by atoms with Gasteiger partial charge in [-0.1, -0.05) is 0 Å². The monoisotopic (exact) mass is 183 g/mol. The molecule has 2 heteroatoms. The molecule has 0 aliphatic carbocycles. The molecule has 2 aliphatic heterocycles. The minimum atomic E-state index is 0.515. The lowest BCUT2D eigenvalue weighted by atomic mass is 9.93. The van der Waals surface area contributed by atoms with Crippen molar-refractivity contribution >= 4 is 0 Å². The molecule has 0 aromatic rings. The fraction of sp³-hybridized carbons (Fsp3) is 1.00. The summed E-state index contributed by atoms with van der Waals surface area (Å²) >= 11 is 0. The standard InChI is InChI=1S/C11H21NO/c1-9-4-5-11(13-9)7-10-3-2-6-12-8-10/h9-12H,2-8H2,1H3. The molecule has 1 N–H and O–H groups in total. The van der Waals surface area contributed by atoms with E-state index < -0.39 is 0 Å². The van der Waals surface area contributed by atoms with Crippen molar-refractivity contribution in [3.63, 3.8) is 0 Å². The highest BCUT2D eigenvalue weighted by molar-refractivity contribution is 4.77. The van der Waals surface area contributed by atoms with Crippen molar-refractivity contribution in [2.75, 3.05) is 13.1 Å². The lowest BCUT2D eigenvalue weighted by molar-refractivity contribution is 0.0384. The van der Waals surface area contributed by atoms with Gasteiger partial charge >= 0.3 is 0 Å². The fourth-order valence-electron chi connectivity index (χ4n) is 2.56. The first-order chi connectivity index (χ1) is 6.34. The molecule has 0 aromatic heterocycles.